The molecule has 2 aromatic carbocycles. The lowest BCUT2D eigenvalue weighted by Crippen LogP contribution is -1.97. The molecule has 0 spiro atoms. The molecular weight excluding hydrogens is 409 g/mol. The van der Waals surface area contributed by atoms with Crippen LogP contribution >= 0.6 is 31.9 Å². The standard InChI is InChI=1S/C14H10Br2FNO3/c1-8-2-3-13(9(4-8)7-15)21-14-6-11(17)10(16)5-12(14)18(19)20/h2-6H,7H2,1H3. The Morgan fingerprint density at radius 2 is 2.00 bits per heavy atom. The molecule has 7 heteroatoms. The van der Waals surface area contributed by atoms with Crippen LogP contribution in [0.1, 0.15) is 11.1 Å². The summed E-state index contributed by atoms with van der Waals surface area (Å²) in [5, 5.41) is 11.6. The average molecular weight is 419 g/mol. The van der Waals surface area contributed by atoms with Gasteiger partial charge in [0.05, 0.1) is 9.40 Å². The van der Waals surface area contributed by atoms with Crippen LogP contribution in [0, 0.1) is 22.9 Å². The van der Waals surface area contributed by atoms with Crippen molar-refractivity contribution in [2.75, 3.05) is 0 Å². The maximum absolute atomic E-state index is 13.6. The van der Waals surface area contributed by atoms with Gasteiger partial charge in [0.1, 0.15) is 11.6 Å². The summed E-state index contributed by atoms with van der Waals surface area (Å²) in [6, 6.07) is 7.51. The number of nitrogens with zero attached hydrogens (tertiary/aromatic N) is 1. The number of benzene rings is 2. The third-order valence-corrected chi connectivity index (χ3v) is 3.99. The Kier molecular flexibility index (Phi) is 4.95. The second-order valence-electron chi connectivity index (χ2n) is 4.34. The molecule has 0 heterocycles. The van der Waals surface area contributed by atoms with Crippen LogP contribution in [0.3, 0.4) is 0 Å². The number of ether oxygens (including phenoxy) is 1. The van der Waals surface area contributed by atoms with Gasteiger partial charge in [0.2, 0.25) is 5.75 Å². The van der Waals surface area contributed by atoms with Gasteiger partial charge in [0.25, 0.3) is 0 Å². The molecule has 21 heavy (non-hydrogen) atoms. The van der Waals surface area contributed by atoms with Crippen LogP contribution in [0.15, 0.2) is 34.8 Å². The molecule has 110 valence electrons. The highest BCUT2D eigenvalue weighted by Gasteiger charge is 2.20. The predicted octanol–water partition coefficient (Wildman–Crippen LogP) is 5.49. The van der Waals surface area contributed by atoms with Crippen molar-refractivity contribution in [2.45, 2.75) is 12.3 Å². The smallest absolute Gasteiger partial charge is 0.312 e. The molecule has 0 atom stereocenters. The molecule has 2 rings (SSSR count). The van der Waals surface area contributed by atoms with Gasteiger partial charge in [-0.15, -0.1) is 0 Å². The van der Waals surface area contributed by atoms with E-state index in [9.17, 15) is 14.5 Å². The number of rotatable bonds is 4. The molecule has 0 radical (unpaired) electrons. The van der Waals surface area contributed by atoms with E-state index in [0.717, 1.165) is 23.3 Å². The van der Waals surface area contributed by atoms with Gasteiger partial charge in [-0.2, -0.15) is 0 Å². The zero-order chi connectivity index (χ0) is 15.6. The molecule has 0 N–H and O–H groups in total. The summed E-state index contributed by atoms with van der Waals surface area (Å²) in [6.07, 6.45) is 0. The zero-order valence-electron chi connectivity index (χ0n) is 10.9. The molecule has 0 saturated heterocycles. The number of halogens is 3. The monoisotopic (exact) mass is 417 g/mol. The van der Waals surface area contributed by atoms with Crippen molar-refractivity contribution in [2.24, 2.45) is 0 Å². The molecule has 0 bridgehead atoms. The summed E-state index contributed by atoms with van der Waals surface area (Å²) in [6.45, 7) is 1.93. The lowest BCUT2D eigenvalue weighted by Gasteiger charge is -2.11. The summed E-state index contributed by atoms with van der Waals surface area (Å²) in [5.74, 6) is -0.308. The van der Waals surface area contributed by atoms with Crippen molar-refractivity contribution in [1.29, 1.82) is 0 Å². The first kappa shape index (κ1) is 15.9. The number of aryl methyl sites for hydroxylation is 1. The van der Waals surface area contributed by atoms with E-state index in [-0.39, 0.29) is 15.9 Å². The van der Waals surface area contributed by atoms with E-state index in [1.54, 1.807) is 6.07 Å². The van der Waals surface area contributed by atoms with E-state index in [1.807, 2.05) is 19.1 Å². The molecule has 0 aromatic heterocycles. The SMILES string of the molecule is Cc1ccc(Oc2cc(F)c(Br)cc2[N+](=O)[O-])c(CBr)c1. The molecule has 0 aliphatic carbocycles. The Balaban J connectivity index is 2.48. The maximum atomic E-state index is 13.6. The van der Waals surface area contributed by atoms with E-state index in [1.165, 1.54) is 0 Å². The van der Waals surface area contributed by atoms with E-state index >= 15 is 0 Å². The van der Waals surface area contributed by atoms with Gasteiger partial charge in [0, 0.05) is 23.0 Å². The van der Waals surface area contributed by atoms with Crippen molar-refractivity contribution >= 4 is 37.5 Å². The topological polar surface area (TPSA) is 52.4 Å². The van der Waals surface area contributed by atoms with Crippen LogP contribution in [0.5, 0.6) is 11.5 Å². The minimum atomic E-state index is -0.622. The van der Waals surface area contributed by atoms with Crippen molar-refractivity contribution in [3.05, 3.63) is 61.9 Å². The molecule has 0 aliphatic heterocycles. The second kappa shape index (κ2) is 6.53. The molecule has 4 nitrogen and oxygen atoms in total. The van der Waals surface area contributed by atoms with Gasteiger partial charge in [-0.05, 0) is 28.9 Å². The Morgan fingerprint density at radius 1 is 1.29 bits per heavy atom. The number of alkyl halides is 1. The highest BCUT2D eigenvalue weighted by atomic mass is 79.9. The van der Waals surface area contributed by atoms with Gasteiger partial charge in [0.15, 0.2) is 0 Å². The fraction of sp³-hybridized carbons (Fsp3) is 0.143. The Hall–Kier alpha value is -1.47. The van der Waals surface area contributed by atoms with E-state index in [2.05, 4.69) is 31.9 Å². The Bertz CT molecular complexity index is 707. The largest absolute Gasteiger partial charge is 0.450 e. The maximum Gasteiger partial charge on any atom is 0.312 e. The Labute approximate surface area is 137 Å². The van der Waals surface area contributed by atoms with Crippen molar-refractivity contribution in [1.82, 2.24) is 0 Å². The zero-order valence-corrected chi connectivity index (χ0v) is 14.1. The summed E-state index contributed by atoms with van der Waals surface area (Å²) < 4.78 is 19.2. The molecule has 0 saturated carbocycles. The van der Waals surface area contributed by atoms with Gasteiger partial charge >= 0.3 is 5.69 Å². The van der Waals surface area contributed by atoms with E-state index < -0.39 is 10.7 Å². The molecule has 2 aromatic rings. The van der Waals surface area contributed by atoms with Crippen LogP contribution in [0.2, 0.25) is 0 Å². The normalized spacial score (nSPS) is 10.5. The molecule has 0 aliphatic rings. The summed E-state index contributed by atoms with van der Waals surface area (Å²) in [7, 11) is 0. The Morgan fingerprint density at radius 3 is 2.62 bits per heavy atom. The summed E-state index contributed by atoms with van der Waals surface area (Å²) in [4.78, 5) is 10.4. The lowest BCUT2D eigenvalue weighted by molar-refractivity contribution is -0.385. The first-order chi connectivity index (χ1) is 9.92. The third-order valence-electron chi connectivity index (χ3n) is 2.78. The first-order valence-corrected chi connectivity index (χ1v) is 7.80. The van der Waals surface area contributed by atoms with Crippen LogP contribution in [-0.4, -0.2) is 4.92 Å². The van der Waals surface area contributed by atoms with Crippen molar-refractivity contribution in [3.63, 3.8) is 0 Å². The highest BCUT2D eigenvalue weighted by Crippen LogP contribution is 2.37. The number of hydrogen-bond donors (Lipinski definition) is 0. The van der Waals surface area contributed by atoms with Crippen LogP contribution in [-0.2, 0) is 5.33 Å². The van der Waals surface area contributed by atoms with Crippen LogP contribution in [0.4, 0.5) is 10.1 Å². The van der Waals surface area contributed by atoms with Gasteiger partial charge < -0.3 is 4.74 Å². The predicted molar refractivity (Wildman–Crippen MR) is 84.6 cm³/mol. The minimum absolute atomic E-state index is 0.0196. The fourth-order valence-corrected chi connectivity index (χ4v) is 2.54. The second-order valence-corrected chi connectivity index (χ2v) is 5.75. The van der Waals surface area contributed by atoms with Crippen molar-refractivity contribution < 1.29 is 14.1 Å². The minimum Gasteiger partial charge on any atom is -0.450 e. The van der Waals surface area contributed by atoms with Crippen LogP contribution in [0.25, 0.3) is 0 Å². The quantitative estimate of drug-likeness (QED) is 0.374. The average Bonchev–Trinajstić information content (AvgIpc) is 2.44. The number of nitro benzene ring substituents is 1. The fourth-order valence-electron chi connectivity index (χ4n) is 1.77. The molecule has 0 amide bonds. The number of nitro groups is 1. The van der Waals surface area contributed by atoms with Crippen molar-refractivity contribution in [3.8, 4) is 11.5 Å². The molecule has 0 unspecified atom stereocenters. The summed E-state index contributed by atoms with van der Waals surface area (Å²) in [5.41, 5.74) is 1.56. The molecule has 0 fully saturated rings. The number of hydrogen-bond acceptors (Lipinski definition) is 3. The third kappa shape index (κ3) is 3.59. The summed E-state index contributed by atoms with van der Waals surface area (Å²) >= 11 is 6.26. The van der Waals surface area contributed by atoms with E-state index in [4.69, 9.17) is 4.74 Å². The van der Waals surface area contributed by atoms with E-state index in [0.29, 0.717) is 11.1 Å². The van der Waals surface area contributed by atoms with Gasteiger partial charge in [-0.1, -0.05) is 33.6 Å². The first-order valence-electron chi connectivity index (χ1n) is 5.89. The van der Waals surface area contributed by atoms with Gasteiger partial charge in [-0.3, -0.25) is 10.1 Å². The van der Waals surface area contributed by atoms with Gasteiger partial charge in [-0.25, -0.2) is 4.39 Å². The van der Waals surface area contributed by atoms with Crippen LogP contribution < -0.4 is 4.74 Å². The highest BCUT2D eigenvalue weighted by molar-refractivity contribution is 9.10. The molecular formula is C14H10Br2FNO3. The lowest BCUT2D eigenvalue weighted by atomic mass is 10.1.